The van der Waals surface area contributed by atoms with Crippen molar-refractivity contribution in [3.8, 4) is 0 Å². The summed E-state index contributed by atoms with van der Waals surface area (Å²) in [7, 11) is 0. The maximum Gasteiger partial charge on any atom is 0.237 e. The maximum atomic E-state index is 13.1. The van der Waals surface area contributed by atoms with Crippen molar-refractivity contribution in [3.05, 3.63) is 36.2 Å². The number of hydrogen-bond donors (Lipinski definition) is 1. The van der Waals surface area contributed by atoms with Crippen molar-refractivity contribution in [1.29, 1.82) is 0 Å². The number of carbonyl (C=O) groups is 1. The van der Waals surface area contributed by atoms with Gasteiger partial charge in [0.25, 0.3) is 0 Å². The van der Waals surface area contributed by atoms with E-state index in [1.54, 1.807) is 4.68 Å². The van der Waals surface area contributed by atoms with Gasteiger partial charge in [-0.15, -0.1) is 10.2 Å². The van der Waals surface area contributed by atoms with Crippen LogP contribution in [0, 0.1) is 0 Å². The zero-order chi connectivity index (χ0) is 17.9. The van der Waals surface area contributed by atoms with Gasteiger partial charge in [-0.25, -0.2) is 4.68 Å². The van der Waals surface area contributed by atoms with Crippen molar-refractivity contribution in [2.45, 2.75) is 62.1 Å². The van der Waals surface area contributed by atoms with Crippen LogP contribution in [0.25, 0.3) is 0 Å². The van der Waals surface area contributed by atoms with Crippen molar-refractivity contribution < 1.29 is 4.79 Å². The first kappa shape index (κ1) is 17.4. The highest BCUT2D eigenvalue weighted by Crippen LogP contribution is 2.39. The average molecular weight is 372 g/mol. The second kappa shape index (κ2) is 7.70. The third-order valence-electron chi connectivity index (χ3n) is 5.20. The van der Waals surface area contributed by atoms with Crippen LogP contribution in [0.15, 0.2) is 35.5 Å². The van der Waals surface area contributed by atoms with E-state index in [1.165, 1.54) is 31.0 Å². The van der Waals surface area contributed by atoms with Crippen molar-refractivity contribution in [2.24, 2.45) is 0 Å². The Morgan fingerprint density at radius 1 is 1.12 bits per heavy atom. The number of aromatic nitrogens is 3. The lowest BCUT2D eigenvalue weighted by atomic mass is 9.93. The number of nitrogens with zero attached hydrogens (tertiary/aromatic N) is 4. The number of nitrogen functional groups attached to an aromatic ring is 1. The minimum absolute atomic E-state index is 0.115. The van der Waals surface area contributed by atoms with Crippen LogP contribution in [0.5, 0.6) is 0 Å². The number of thioether (sulfide) groups is 1. The third kappa shape index (κ3) is 3.72. The molecule has 1 heterocycles. The molecule has 2 aliphatic carbocycles. The Balaban J connectivity index is 1.47. The summed E-state index contributed by atoms with van der Waals surface area (Å²) in [5, 5.41) is 8.99. The smallest absolute Gasteiger partial charge is 0.237 e. The molecule has 26 heavy (non-hydrogen) atoms. The third-order valence-corrected chi connectivity index (χ3v) is 6.13. The zero-order valence-electron chi connectivity index (χ0n) is 14.9. The number of hydrogen-bond acceptors (Lipinski definition) is 5. The molecule has 138 valence electrons. The minimum atomic E-state index is 0.115. The van der Waals surface area contributed by atoms with Gasteiger partial charge in [0, 0.05) is 17.6 Å². The van der Waals surface area contributed by atoms with Crippen LogP contribution < -0.4 is 10.7 Å². The maximum absolute atomic E-state index is 13.1. The van der Waals surface area contributed by atoms with Gasteiger partial charge in [-0.05, 0) is 37.8 Å². The van der Waals surface area contributed by atoms with Crippen LogP contribution in [0.1, 0.15) is 56.7 Å². The highest BCUT2D eigenvalue weighted by Gasteiger charge is 2.31. The minimum Gasteiger partial charge on any atom is -0.336 e. The second-order valence-electron chi connectivity index (χ2n) is 7.16. The zero-order valence-corrected chi connectivity index (χ0v) is 15.7. The monoisotopic (exact) mass is 371 g/mol. The molecule has 0 spiro atoms. The molecule has 2 aliphatic rings. The van der Waals surface area contributed by atoms with Crippen LogP contribution in [0.2, 0.25) is 0 Å². The second-order valence-corrected chi connectivity index (χ2v) is 8.11. The highest BCUT2D eigenvalue weighted by atomic mass is 32.2. The lowest BCUT2D eigenvalue weighted by Crippen LogP contribution is -2.42. The van der Waals surface area contributed by atoms with Crippen molar-refractivity contribution in [2.75, 3.05) is 16.5 Å². The topological polar surface area (TPSA) is 77.0 Å². The van der Waals surface area contributed by atoms with Crippen LogP contribution in [-0.2, 0) is 4.79 Å². The van der Waals surface area contributed by atoms with Crippen LogP contribution in [-0.4, -0.2) is 32.6 Å². The van der Waals surface area contributed by atoms with Gasteiger partial charge in [-0.3, -0.25) is 4.79 Å². The predicted octanol–water partition coefficient (Wildman–Crippen LogP) is 3.33. The van der Waals surface area contributed by atoms with Gasteiger partial charge in [-0.2, -0.15) is 0 Å². The molecule has 1 aromatic heterocycles. The van der Waals surface area contributed by atoms with Gasteiger partial charge < -0.3 is 10.7 Å². The molecule has 0 bridgehead atoms. The van der Waals surface area contributed by atoms with Gasteiger partial charge in [0.2, 0.25) is 11.1 Å². The molecule has 0 radical (unpaired) electrons. The molecule has 0 aliphatic heterocycles. The van der Waals surface area contributed by atoms with Gasteiger partial charge in [0.15, 0.2) is 5.82 Å². The lowest BCUT2D eigenvalue weighted by molar-refractivity contribution is -0.116. The van der Waals surface area contributed by atoms with Crippen LogP contribution in [0.3, 0.4) is 0 Å². The van der Waals surface area contributed by atoms with E-state index >= 15 is 0 Å². The molecule has 2 saturated carbocycles. The van der Waals surface area contributed by atoms with E-state index < -0.39 is 0 Å². The predicted molar refractivity (Wildman–Crippen MR) is 104 cm³/mol. The Labute approximate surface area is 158 Å². The quantitative estimate of drug-likeness (QED) is 0.622. The summed E-state index contributed by atoms with van der Waals surface area (Å²) >= 11 is 1.38. The Morgan fingerprint density at radius 3 is 2.54 bits per heavy atom. The number of benzene rings is 1. The Kier molecular flexibility index (Phi) is 5.15. The summed E-state index contributed by atoms with van der Waals surface area (Å²) in [6.07, 6.45) is 8.05. The SMILES string of the molecule is Nn1c(SCC(=O)N(c2ccccc2)C2CCCCC2)nnc1C1CC1. The van der Waals surface area contributed by atoms with E-state index in [0.717, 1.165) is 37.2 Å². The normalized spacial score (nSPS) is 18.0. The van der Waals surface area contributed by atoms with Crippen molar-refractivity contribution in [3.63, 3.8) is 0 Å². The van der Waals surface area contributed by atoms with E-state index in [1.807, 2.05) is 35.2 Å². The molecule has 2 aromatic rings. The first-order valence-electron chi connectivity index (χ1n) is 9.44. The van der Waals surface area contributed by atoms with E-state index in [9.17, 15) is 4.79 Å². The van der Waals surface area contributed by atoms with Crippen LogP contribution in [0.4, 0.5) is 5.69 Å². The molecule has 1 aromatic carbocycles. The molecule has 0 unspecified atom stereocenters. The average Bonchev–Trinajstić information content (AvgIpc) is 3.45. The molecular weight excluding hydrogens is 346 g/mol. The summed E-state index contributed by atoms with van der Waals surface area (Å²) in [5.41, 5.74) is 0.984. The molecule has 0 saturated heterocycles. The molecule has 0 atom stereocenters. The Morgan fingerprint density at radius 2 is 1.85 bits per heavy atom. The first-order chi connectivity index (χ1) is 12.7. The molecule has 4 rings (SSSR count). The van der Waals surface area contributed by atoms with E-state index in [0.29, 0.717) is 16.8 Å². The molecule has 1 amide bonds. The number of nitrogens with two attached hydrogens (primary N) is 1. The van der Waals surface area contributed by atoms with Crippen molar-refractivity contribution >= 4 is 23.4 Å². The fourth-order valence-electron chi connectivity index (χ4n) is 3.69. The lowest BCUT2D eigenvalue weighted by Gasteiger charge is -2.34. The first-order valence-corrected chi connectivity index (χ1v) is 10.4. The number of rotatable bonds is 6. The summed E-state index contributed by atoms with van der Waals surface area (Å²) in [4.78, 5) is 15.1. The number of amides is 1. The number of para-hydroxylation sites is 1. The standard InChI is InChI=1S/C19H25N5OS/c20-24-18(14-11-12-14)21-22-19(24)26-13-17(25)23(15-7-3-1-4-8-15)16-9-5-2-6-10-16/h1,3-4,7-8,14,16H,2,5-6,9-13,20H2. The summed E-state index contributed by atoms with van der Waals surface area (Å²) in [6, 6.07) is 10.3. The number of anilines is 1. The fraction of sp³-hybridized carbons (Fsp3) is 0.526. The van der Waals surface area contributed by atoms with E-state index in [2.05, 4.69) is 10.2 Å². The highest BCUT2D eigenvalue weighted by molar-refractivity contribution is 7.99. The number of carbonyl (C=O) groups excluding carboxylic acids is 1. The molecule has 6 nitrogen and oxygen atoms in total. The molecular formula is C19H25N5OS. The molecule has 2 fully saturated rings. The van der Waals surface area contributed by atoms with Gasteiger partial charge in [0.1, 0.15) is 0 Å². The van der Waals surface area contributed by atoms with Gasteiger partial charge in [-0.1, -0.05) is 49.2 Å². The van der Waals surface area contributed by atoms with Gasteiger partial charge in [0.05, 0.1) is 5.75 Å². The van der Waals surface area contributed by atoms with Gasteiger partial charge >= 0.3 is 0 Å². The Hall–Kier alpha value is -2.02. The largest absolute Gasteiger partial charge is 0.336 e. The molecule has 2 N–H and O–H groups in total. The van der Waals surface area contributed by atoms with E-state index in [-0.39, 0.29) is 11.9 Å². The summed E-state index contributed by atoms with van der Waals surface area (Å²) in [6.45, 7) is 0. The van der Waals surface area contributed by atoms with Crippen LogP contribution >= 0.6 is 11.8 Å². The summed E-state index contributed by atoms with van der Waals surface area (Å²) < 4.78 is 1.56. The van der Waals surface area contributed by atoms with E-state index in [4.69, 9.17) is 5.84 Å². The molecule has 7 heteroatoms. The summed E-state index contributed by atoms with van der Waals surface area (Å²) in [5.74, 6) is 7.83. The Bertz CT molecular complexity index is 753. The fourth-order valence-corrected chi connectivity index (χ4v) is 4.41. The van der Waals surface area contributed by atoms with Crippen molar-refractivity contribution in [1.82, 2.24) is 14.9 Å².